The summed E-state index contributed by atoms with van der Waals surface area (Å²) in [6, 6.07) is 8.88. The van der Waals surface area contributed by atoms with Crippen molar-refractivity contribution >= 4 is 46.0 Å². The number of hydrogen-bond acceptors (Lipinski definition) is 5. The van der Waals surface area contributed by atoms with E-state index in [1.807, 2.05) is 12.1 Å². The van der Waals surface area contributed by atoms with Gasteiger partial charge in [-0.3, -0.25) is 18.9 Å². The van der Waals surface area contributed by atoms with Crippen LogP contribution in [-0.2, 0) is 20.6 Å². The van der Waals surface area contributed by atoms with Gasteiger partial charge in [0.15, 0.2) is 11.2 Å². The Bertz CT molecular complexity index is 1480. The second kappa shape index (κ2) is 7.79. The van der Waals surface area contributed by atoms with E-state index in [1.54, 1.807) is 43.1 Å². The van der Waals surface area contributed by atoms with Crippen LogP contribution in [0.3, 0.4) is 0 Å². The summed E-state index contributed by atoms with van der Waals surface area (Å²) in [4.78, 5) is 35.2. The monoisotopic (exact) mass is 470 g/mol. The molecule has 1 N–H and O–H groups in total. The topological polar surface area (TPSA) is 86.7 Å². The molecule has 164 valence electrons. The van der Waals surface area contributed by atoms with E-state index in [0.29, 0.717) is 38.6 Å². The van der Waals surface area contributed by atoms with Gasteiger partial charge in [-0.05, 0) is 42.7 Å². The number of nitrogens with zero attached hydrogens (tertiary/aromatic N) is 5. The smallest absolute Gasteiger partial charge is 0.325 e. The highest BCUT2D eigenvalue weighted by Crippen LogP contribution is 2.39. The molecular formula is C22H20Cl2N6O2. The molecule has 0 unspecified atom stereocenters. The maximum atomic E-state index is 13.3. The molecule has 5 rings (SSSR count). The molecule has 0 aliphatic heterocycles. The number of aryl methyl sites for hydroxylation is 2. The van der Waals surface area contributed by atoms with Crippen LogP contribution in [-0.4, -0.2) is 23.7 Å². The van der Waals surface area contributed by atoms with Crippen LogP contribution in [0, 0.1) is 0 Å². The molecule has 0 radical (unpaired) electrons. The van der Waals surface area contributed by atoms with Crippen molar-refractivity contribution in [2.45, 2.75) is 25.3 Å². The molecule has 4 aromatic rings. The molecule has 1 aromatic carbocycles. The van der Waals surface area contributed by atoms with Crippen LogP contribution in [0.15, 0.2) is 46.1 Å². The third-order valence-electron chi connectivity index (χ3n) is 5.72. The Hall–Kier alpha value is -3.10. The number of anilines is 2. The highest BCUT2D eigenvalue weighted by molar-refractivity contribution is 6.42. The van der Waals surface area contributed by atoms with Crippen molar-refractivity contribution in [3.8, 4) is 0 Å². The Kier molecular flexibility index (Phi) is 5.06. The van der Waals surface area contributed by atoms with Gasteiger partial charge in [0.25, 0.3) is 5.56 Å². The third-order valence-corrected chi connectivity index (χ3v) is 6.46. The Morgan fingerprint density at radius 3 is 2.56 bits per heavy atom. The standard InChI is InChI=1S/C22H20Cl2N6O2/c1-28-18-19(27-21(28)26-14-7-8-25-17(10-14)13-4-5-13)29(2)22(32)30(20(18)31)11-12-3-6-15(23)16(24)9-12/h3,6-10,13H,4-5,11H2,1-2H3,(H,25,26,27). The van der Waals surface area contributed by atoms with Crippen LogP contribution in [0.1, 0.15) is 30.0 Å². The van der Waals surface area contributed by atoms with Crippen LogP contribution >= 0.6 is 23.2 Å². The maximum absolute atomic E-state index is 13.3. The van der Waals surface area contributed by atoms with Crippen molar-refractivity contribution in [2.75, 3.05) is 5.32 Å². The van der Waals surface area contributed by atoms with E-state index in [2.05, 4.69) is 15.3 Å². The van der Waals surface area contributed by atoms with Crippen molar-refractivity contribution in [3.63, 3.8) is 0 Å². The van der Waals surface area contributed by atoms with E-state index in [9.17, 15) is 9.59 Å². The quantitative estimate of drug-likeness (QED) is 0.479. The van der Waals surface area contributed by atoms with E-state index in [4.69, 9.17) is 23.2 Å². The number of halogens is 2. The lowest BCUT2D eigenvalue weighted by Gasteiger charge is -2.09. The first kappa shape index (κ1) is 20.8. The van der Waals surface area contributed by atoms with Crippen molar-refractivity contribution in [1.29, 1.82) is 0 Å². The number of nitrogens with one attached hydrogen (secondary N) is 1. The Morgan fingerprint density at radius 2 is 1.84 bits per heavy atom. The first-order valence-corrected chi connectivity index (χ1v) is 10.9. The van der Waals surface area contributed by atoms with Gasteiger partial charge in [0.05, 0.1) is 16.6 Å². The molecule has 0 atom stereocenters. The third kappa shape index (κ3) is 3.59. The molecule has 0 spiro atoms. The molecular weight excluding hydrogens is 451 g/mol. The zero-order valence-electron chi connectivity index (χ0n) is 17.5. The van der Waals surface area contributed by atoms with Gasteiger partial charge in [-0.25, -0.2) is 4.79 Å². The van der Waals surface area contributed by atoms with Gasteiger partial charge in [0.1, 0.15) is 0 Å². The molecule has 32 heavy (non-hydrogen) atoms. The molecule has 1 fully saturated rings. The predicted octanol–water partition coefficient (Wildman–Crippen LogP) is 3.80. The summed E-state index contributed by atoms with van der Waals surface area (Å²) in [6.07, 6.45) is 4.07. The van der Waals surface area contributed by atoms with Crippen molar-refractivity contribution in [1.82, 2.24) is 23.7 Å². The second-order valence-corrected chi connectivity index (χ2v) is 8.83. The summed E-state index contributed by atoms with van der Waals surface area (Å²) in [5.41, 5.74) is 2.33. The fourth-order valence-corrected chi connectivity index (χ4v) is 4.09. The molecule has 3 heterocycles. The lowest BCUT2D eigenvalue weighted by molar-refractivity contribution is 0.655. The molecule has 1 aliphatic rings. The minimum atomic E-state index is -0.460. The zero-order valence-corrected chi connectivity index (χ0v) is 19.0. The van der Waals surface area contributed by atoms with Gasteiger partial charge in [-0.15, -0.1) is 0 Å². The Morgan fingerprint density at radius 1 is 1.06 bits per heavy atom. The molecule has 1 saturated carbocycles. The van der Waals surface area contributed by atoms with Gasteiger partial charge in [0.2, 0.25) is 5.95 Å². The minimum Gasteiger partial charge on any atom is -0.325 e. The SMILES string of the molecule is Cn1c(Nc2ccnc(C3CC3)c2)nc2c1c(=O)n(Cc1ccc(Cl)c(Cl)c1)c(=O)n2C. The number of hydrogen-bond donors (Lipinski definition) is 1. The summed E-state index contributed by atoms with van der Waals surface area (Å²) < 4.78 is 4.21. The van der Waals surface area contributed by atoms with Crippen LogP contribution < -0.4 is 16.6 Å². The van der Waals surface area contributed by atoms with Crippen molar-refractivity contribution < 1.29 is 0 Å². The number of pyridine rings is 1. The first-order chi connectivity index (χ1) is 15.3. The fraction of sp³-hybridized carbons (Fsp3) is 0.273. The minimum absolute atomic E-state index is 0.0708. The van der Waals surface area contributed by atoms with Crippen molar-refractivity contribution in [3.05, 3.63) is 78.7 Å². The van der Waals surface area contributed by atoms with Gasteiger partial charge in [-0.2, -0.15) is 4.98 Å². The van der Waals surface area contributed by atoms with Gasteiger partial charge >= 0.3 is 5.69 Å². The van der Waals surface area contributed by atoms with Crippen LogP contribution in [0.2, 0.25) is 10.0 Å². The summed E-state index contributed by atoms with van der Waals surface area (Å²) in [5.74, 6) is 0.985. The molecule has 0 saturated heterocycles. The lowest BCUT2D eigenvalue weighted by atomic mass is 10.2. The summed E-state index contributed by atoms with van der Waals surface area (Å²) in [5, 5.41) is 4.03. The number of rotatable bonds is 5. The van der Waals surface area contributed by atoms with E-state index in [-0.39, 0.29) is 6.54 Å². The molecule has 0 amide bonds. The number of aromatic nitrogens is 5. The number of imidazole rings is 1. The number of fused-ring (bicyclic) bond motifs is 1. The van der Waals surface area contributed by atoms with Crippen LogP contribution in [0.5, 0.6) is 0 Å². The summed E-state index contributed by atoms with van der Waals surface area (Å²) >= 11 is 12.1. The van der Waals surface area contributed by atoms with E-state index in [0.717, 1.165) is 24.2 Å². The fourth-order valence-electron chi connectivity index (χ4n) is 3.77. The molecule has 1 aliphatic carbocycles. The normalized spacial score (nSPS) is 13.6. The van der Waals surface area contributed by atoms with Gasteiger partial charge in [-0.1, -0.05) is 29.3 Å². The van der Waals surface area contributed by atoms with E-state index >= 15 is 0 Å². The largest absolute Gasteiger partial charge is 0.332 e. The summed E-state index contributed by atoms with van der Waals surface area (Å²) in [7, 11) is 3.35. The molecule has 8 nitrogen and oxygen atoms in total. The first-order valence-electron chi connectivity index (χ1n) is 10.2. The lowest BCUT2D eigenvalue weighted by Crippen LogP contribution is -2.39. The average molecular weight is 471 g/mol. The summed E-state index contributed by atoms with van der Waals surface area (Å²) in [6.45, 7) is 0.0708. The van der Waals surface area contributed by atoms with Crippen molar-refractivity contribution in [2.24, 2.45) is 14.1 Å². The van der Waals surface area contributed by atoms with E-state index < -0.39 is 11.2 Å². The Balaban J connectivity index is 1.57. The van der Waals surface area contributed by atoms with E-state index in [1.165, 1.54) is 9.13 Å². The second-order valence-electron chi connectivity index (χ2n) is 8.02. The average Bonchev–Trinajstić information content (AvgIpc) is 3.57. The molecule has 0 bridgehead atoms. The predicted molar refractivity (Wildman–Crippen MR) is 125 cm³/mol. The number of benzene rings is 1. The molecule has 10 heteroatoms. The van der Waals surface area contributed by atoms with Gasteiger partial charge in [0, 0.05) is 37.6 Å². The van der Waals surface area contributed by atoms with Crippen LogP contribution in [0.4, 0.5) is 11.6 Å². The highest BCUT2D eigenvalue weighted by Gasteiger charge is 2.25. The molecule has 3 aromatic heterocycles. The maximum Gasteiger partial charge on any atom is 0.332 e. The van der Waals surface area contributed by atoms with Crippen LogP contribution in [0.25, 0.3) is 11.2 Å². The zero-order chi connectivity index (χ0) is 22.6. The van der Waals surface area contributed by atoms with Gasteiger partial charge < -0.3 is 9.88 Å². The Labute approximate surface area is 193 Å². The highest BCUT2D eigenvalue weighted by atomic mass is 35.5.